The molecule has 0 aromatic heterocycles. The number of hydrogen-bond acceptors (Lipinski definition) is 2. The zero-order valence-electron chi connectivity index (χ0n) is 14.6. The first-order valence-corrected chi connectivity index (χ1v) is 9.07. The van der Waals surface area contributed by atoms with Crippen molar-refractivity contribution in [3.8, 4) is 0 Å². The molecule has 1 unspecified atom stereocenters. The summed E-state index contributed by atoms with van der Waals surface area (Å²) < 4.78 is 0. The lowest BCUT2D eigenvalue weighted by molar-refractivity contribution is -0.123. The Balaban J connectivity index is 1.93. The second kappa shape index (κ2) is 8.52. The van der Waals surface area contributed by atoms with Crippen LogP contribution in [0.1, 0.15) is 37.3 Å². The first-order valence-electron chi connectivity index (χ1n) is 9.07. The third-order valence-corrected chi connectivity index (χ3v) is 4.79. The number of rotatable bonds is 7. The van der Waals surface area contributed by atoms with Gasteiger partial charge in [-0.25, -0.2) is 0 Å². The van der Waals surface area contributed by atoms with E-state index in [0.717, 1.165) is 24.1 Å². The van der Waals surface area contributed by atoms with E-state index in [2.05, 4.69) is 16.8 Å². The molecule has 3 heteroatoms. The molecule has 1 saturated carbocycles. The minimum absolute atomic E-state index is 0.0730. The molecule has 3 rings (SSSR count). The van der Waals surface area contributed by atoms with E-state index in [0.29, 0.717) is 12.6 Å². The van der Waals surface area contributed by atoms with E-state index >= 15 is 0 Å². The van der Waals surface area contributed by atoms with Crippen molar-refractivity contribution in [3.63, 3.8) is 0 Å². The van der Waals surface area contributed by atoms with E-state index in [1.165, 1.54) is 12.8 Å². The molecule has 0 radical (unpaired) electrons. The molecule has 0 spiro atoms. The number of benzene rings is 2. The molecule has 1 atom stereocenters. The molecule has 1 amide bonds. The molecule has 2 aromatic rings. The minimum atomic E-state index is -0.359. The topological polar surface area (TPSA) is 32.3 Å². The Kier molecular flexibility index (Phi) is 5.89. The fourth-order valence-electron chi connectivity index (χ4n) is 3.58. The van der Waals surface area contributed by atoms with Crippen molar-refractivity contribution in [1.82, 2.24) is 5.32 Å². The molecule has 1 N–H and O–H groups in total. The zero-order valence-corrected chi connectivity index (χ0v) is 14.6. The lowest BCUT2D eigenvalue weighted by Crippen LogP contribution is -2.44. The van der Waals surface area contributed by atoms with Gasteiger partial charge in [0.2, 0.25) is 5.91 Å². The van der Waals surface area contributed by atoms with Crippen LogP contribution in [0.15, 0.2) is 73.3 Å². The maximum Gasteiger partial charge on any atom is 0.247 e. The summed E-state index contributed by atoms with van der Waals surface area (Å²) in [6, 6.07) is 20.0. The van der Waals surface area contributed by atoms with Gasteiger partial charge in [-0.2, -0.15) is 0 Å². The number of nitrogens with zero attached hydrogens (tertiary/aromatic N) is 1. The maximum atomic E-state index is 13.2. The molecule has 0 aliphatic heterocycles. The van der Waals surface area contributed by atoms with Crippen molar-refractivity contribution < 1.29 is 4.79 Å². The van der Waals surface area contributed by atoms with Crippen LogP contribution < -0.4 is 10.2 Å². The lowest BCUT2D eigenvalue weighted by Gasteiger charge is -2.33. The predicted octanol–water partition coefficient (Wildman–Crippen LogP) is 4.48. The van der Waals surface area contributed by atoms with E-state index in [4.69, 9.17) is 0 Å². The van der Waals surface area contributed by atoms with Gasteiger partial charge in [-0.3, -0.25) is 4.79 Å². The summed E-state index contributed by atoms with van der Waals surface area (Å²) in [6.45, 7) is 4.50. The van der Waals surface area contributed by atoms with Gasteiger partial charge in [-0.15, -0.1) is 6.58 Å². The average Bonchev–Trinajstić information content (AvgIpc) is 3.16. The Bertz CT molecular complexity index is 678. The van der Waals surface area contributed by atoms with Gasteiger partial charge in [0.25, 0.3) is 0 Å². The first-order chi connectivity index (χ1) is 12.3. The summed E-state index contributed by atoms with van der Waals surface area (Å²) in [4.78, 5) is 15.3. The van der Waals surface area contributed by atoms with Gasteiger partial charge in [0, 0.05) is 18.3 Å². The van der Waals surface area contributed by atoms with Crippen LogP contribution >= 0.6 is 0 Å². The first kappa shape index (κ1) is 17.3. The summed E-state index contributed by atoms with van der Waals surface area (Å²) in [7, 11) is 0. The van der Waals surface area contributed by atoms with Crippen LogP contribution in [0.2, 0.25) is 0 Å². The highest BCUT2D eigenvalue weighted by Crippen LogP contribution is 2.28. The van der Waals surface area contributed by atoms with E-state index < -0.39 is 0 Å². The standard InChI is InChI=1S/C22H26N2O/c1-2-17-24(20-15-7-4-8-16-20)21(18-11-5-3-6-12-18)22(25)23-19-13-9-10-14-19/h2-8,11-12,15-16,19,21H,1,9-10,13-14,17H2,(H,23,25). The second-order valence-corrected chi connectivity index (χ2v) is 6.58. The van der Waals surface area contributed by atoms with Crippen molar-refractivity contribution in [3.05, 3.63) is 78.9 Å². The molecule has 0 saturated heterocycles. The SMILES string of the molecule is C=CCN(c1ccccc1)C(C(=O)NC1CCCC1)c1ccccc1. The normalized spacial score (nSPS) is 15.5. The van der Waals surface area contributed by atoms with Crippen molar-refractivity contribution in [2.24, 2.45) is 0 Å². The van der Waals surface area contributed by atoms with Crippen LogP contribution in [-0.4, -0.2) is 18.5 Å². The average molecular weight is 334 g/mol. The number of hydrogen-bond donors (Lipinski definition) is 1. The van der Waals surface area contributed by atoms with Crippen LogP contribution in [0.25, 0.3) is 0 Å². The molecule has 130 valence electrons. The monoisotopic (exact) mass is 334 g/mol. The van der Waals surface area contributed by atoms with Gasteiger partial charge in [-0.1, -0.05) is 67.4 Å². The Morgan fingerprint density at radius 1 is 1.08 bits per heavy atom. The summed E-state index contributed by atoms with van der Waals surface area (Å²) >= 11 is 0. The van der Waals surface area contributed by atoms with E-state index in [-0.39, 0.29) is 11.9 Å². The molecule has 2 aromatic carbocycles. The largest absolute Gasteiger partial charge is 0.352 e. The number of amides is 1. The second-order valence-electron chi connectivity index (χ2n) is 6.58. The van der Waals surface area contributed by atoms with Crippen molar-refractivity contribution in [2.75, 3.05) is 11.4 Å². The van der Waals surface area contributed by atoms with Gasteiger partial charge in [0.05, 0.1) is 0 Å². The number of nitrogens with one attached hydrogen (secondary N) is 1. The molecule has 3 nitrogen and oxygen atoms in total. The maximum absolute atomic E-state index is 13.2. The molecule has 0 bridgehead atoms. The fraction of sp³-hybridized carbons (Fsp3) is 0.318. The number of para-hydroxylation sites is 1. The number of carbonyl (C=O) groups is 1. The highest BCUT2D eigenvalue weighted by Gasteiger charge is 2.29. The van der Waals surface area contributed by atoms with E-state index in [1.54, 1.807) is 0 Å². The Morgan fingerprint density at radius 2 is 1.68 bits per heavy atom. The molecule has 0 heterocycles. The highest BCUT2D eigenvalue weighted by molar-refractivity contribution is 5.87. The van der Waals surface area contributed by atoms with Gasteiger partial charge in [0.15, 0.2) is 0 Å². The molecular formula is C22H26N2O. The summed E-state index contributed by atoms with van der Waals surface area (Å²) in [5.41, 5.74) is 2.03. The van der Waals surface area contributed by atoms with E-state index in [9.17, 15) is 4.79 Å². The summed E-state index contributed by atoms with van der Waals surface area (Å²) in [5, 5.41) is 3.27. The minimum Gasteiger partial charge on any atom is -0.352 e. The van der Waals surface area contributed by atoms with Crippen LogP contribution in [0.3, 0.4) is 0 Å². The van der Waals surface area contributed by atoms with Crippen molar-refractivity contribution >= 4 is 11.6 Å². The molecule has 1 aliphatic rings. The van der Waals surface area contributed by atoms with E-state index in [1.807, 2.05) is 66.7 Å². The van der Waals surface area contributed by atoms with Gasteiger partial charge in [-0.05, 0) is 30.5 Å². The van der Waals surface area contributed by atoms with Crippen molar-refractivity contribution in [2.45, 2.75) is 37.8 Å². The fourth-order valence-corrected chi connectivity index (χ4v) is 3.58. The van der Waals surface area contributed by atoms with Crippen LogP contribution in [0.5, 0.6) is 0 Å². The molecule has 1 fully saturated rings. The Labute approximate surface area is 150 Å². The third kappa shape index (κ3) is 4.30. The van der Waals surface area contributed by atoms with Crippen LogP contribution in [0.4, 0.5) is 5.69 Å². The highest BCUT2D eigenvalue weighted by atomic mass is 16.2. The predicted molar refractivity (Wildman–Crippen MR) is 104 cm³/mol. The van der Waals surface area contributed by atoms with Crippen LogP contribution in [0, 0.1) is 0 Å². The zero-order chi connectivity index (χ0) is 17.5. The third-order valence-electron chi connectivity index (χ3n) is 4.79. The number of anilines is 1. The molecule has 25 heavy (non-hydrogen) atoms. The molecular weight excluding hydrogens is 308 g/mol. The van der Waals surface area contributed by atoms with Gasteiger partial charge >= 0.3 is 0 Å². The van der Waals surface area contributed by atoms with Crippen LogP contribution in [-0.2, 0) is 4.79 Å². The van der Waals surface area contributed by atoms with Gasteiger partial charge in [0.1, 0.15) is 6.04 Å². The summed E-state index contributed by atoms with van der Waals surface area (Å²) in [6.07, 6.45) is 6.43. The summed E-state index contributed by atoms with van der Waals surface area (Å²) in [5.74, 6) is 0.0730. The van der Waals surface area contributed by atoms with Crippen molar-refractivity contribution in [1.29, 1.82) is 0 Å². The lowest BCUT2D eigenvalue weighted by atomic mass is 10.0. The Morgan fingerprint density at radius 3 is 2.28 bits per heavy atom. The smallest absolute Gasteiger partial charge is 0.247 e. The number of carbonyl (C=O) groups excluding carboxylic acids is 1. The quantitative estimate of drug-likeness (QED) is 0.757. The molecule has 1 aliphatic carbocycles. The van der Waals surface area contributed by atoms with Gasteiger partial charge < -0.3 is 10.2 Å². The Hall–Kier alpha value is -2.55.